The van der Waals surface area contributed by atoms with E-state index in [1.165, 1.54) is 32.0 Å². The lowest BCUT2D eigenvalue weighted by Gasteiger charge is -2.18. The number of hydrogen-bond donors (Lipinski definition) is 3. The molecule has 0 aliphatic rings. The highest BCUT2D eigenvalue weighted by Gasteiger charge is 2.18. The molecule has 0 heterocycles. The van der Waals surface area contributed by atoms with E-state index in [9.17, 15) is 18.7 Å². The van der Waals surface area contributed by atoms with Gasteiger partial charge in [-0.3, -0.25) is 9.63 Å². The number of halogens is 4. The Kier molecular flexibility index (Phi) is 6.94. The predicted molar refractivity (Wildman–Crippen MR) is 106 cm³/mol. The molecular formula is C17H16BrF2IN2O3. The molecule has 0 atom stereocenters. The van der Waals surface area contributed by atoms with Crippen molar-refractivity contribution in [1.29, 1.82) is 0 Å². The average Bonchev–Trinajstić information content (AvgIpc) is 2.51. The van der Waals surface area contributed by atoms with Crippen LogP contribution in [0.4, 0.5) is 20.2 Å². The molecule has 0 saturated heterocycles. The molecule has 0 aromatic heterocycles. The van der Waals surface area contributed by atoms with E-state index in [0.717, 1.165) is 6.07 Å². The summed E-state index contributed by atoms with van der Waals surface area (Å²) < 4.78 is 28.7. The molecule has 0 fully saturated rings. The first-order chi connectivity index (χ1) is 12.1. The first-order valence-electron chi connectivity index (χ1n) is 7.42. The molecule has 5 nitrogen and oxygen atoms in total. The summed E-state index contributed by atoms with van der Waals surface area (Å²) in [6.45, 7) is 2.88. The van der Waals surface area contributed by atoms with E-state index in [2.05, 4.69) is 26.7 Å². The maximum absolute atomic E-state index is 14.1. The van der Waals surface area contributed by atoms with Crippen molar-refractivity contribution in [3.05, 3.63) is 55.6 Å². The highest BCUT2D eigenvalue weighted by atomic mass is 127. The smallest absolute Gasteiger partial charge is 0.276 e. The third-order valence-electron chi connectivity index (χ3n) is 3.10. The third kappa shape index (κ3) is 5.86. The van der Waals surface area contributed by atoms with Crippen LogP contribution in [0.15, 0.2) is 34.8 Å². The first-order valence-corrected chi connectivity index (χ1v) is 9.29. The molecule has 3 N–H and O–H groups in total. The van der Waals surface area contributed by atoms with E-state index < -0.39 is 23.1 Å². The Labute approximate surface area is 171 Å². The van der Waals surface area contributed by atoms with E-state index in [4.69, 9.17) is 4.84 Å². The van der Waals surface area contributed by atoms with Gasteiger partial charge in [0.25, 0.3) is 5.91 Å². The molecule has 0 saturated carbocycles. The van der Waals surface area contributed by atoms with Gasteiger partial charge >= 0.3 is 0 Å². The van der Waals surface area contributed by atoms with Crippen molar-refractivity contribution in [2.45, 2.75) is 19.4 Å². The molecule has 0 aliphatic carbocycles. The Morgan fingerprint density at radius 1 is 1.23 bits per heavy atom. The van der Waals surface area contributed by atoms with E-state index in [0.29, 0.717) is 3.57 Å². The lowest BCUT2D eigenvalue weighted by Crippen LogP contribution is -2.33. The number of benzene rings is 2. The van der Waals surface area contributed by atoms with E-state index in [1.54, 1.807) is 6.07 Å². The van der Waals surface area contributed by atoms with E-state index >= 15 is 0 Å². The van der Waals surface area contributed by atoms with Gasteiger partial charge in [-0.15, -0.1) is 0 Å². The van der Waals surface area contributed by atoms with Crippen molar-refractivity contribution in [2.24, 2.45) is 0 Å². The maximum Gasteiger partial charge on any atom is 0.276 e. The summed E-state index contributed by atoms with van der Waals surface area (Å²) in [6, 6.07) is 6.80. The molecule has 0 bridgehead atoms. The number of carbonyl (C=O) groups excluding carboxylic acids is 1. The van der Waals surface area contributed by atoms with Crippen LogP contribution in [0, 0.1) is 15.2 Å². The zero-order chi connectivity index (χ0) is 19.5. The average molecular weight is 541 g/mol. The Morgan fingerprint density at radius 3 is 2.54 bits per heavy atom. The van der Waals surface area contributed by atoms with Crippen molar-refractivity contribution in [3.63, 3.8) is 0 Å². The number of amides is 1. The van der Waals surface area contributed by atoms with Crippen LogP contribution in [-0.4, -0.2) is 23.2 Å². The highest BCUT2D eigenvalue weighted by Crippen LogP contribution is 2.29. The molecule has 0 aliphatic heterocycles. The van der Waals surface area contributed by atoms with Gasteiger partial charge < -0.3 is 10.4 Å². The van der Waals surface area contributed by atoms with Gasteiger partial charge in [-0.05, 0) is 82.7 Å². The largest absolute Gasteiger partial charge is 0.388 e. The third-order valence-corrected chi connectivity index (χ3v) is 4.37. The van der Waals surface area contributed by atoms with Crippen LogP contribution in [-0.2, 0) is 4.84 Å². The van der Waals surface area contributed by atoms with Gasteiger partial charge in [0.05, 0.1) is 27.0 Å². The second-order valence-corrected chi connectivity index (χ2v) is 8.19. The number of hydrogen-bond acceptors (Lipinski definition) is 4. The van der Waals surface area contributed by atoms with Crippen molar-refractivity contribution in [3.8, 4) is 0 Å². The number of aliphatic hydroxyl groups is 1. The summed E-state index contributed by atoms with van der Waals surface area (Å²) in [7, 11) is 0. The van der Waals surface area contributed by atoms with Crippen LogP contribution in [0.2, 0.25) is 0 Å². The summed E-state index contributed by atoms with van der Waals surface area (Å²) in [6.07, 6.45) is 0. The van der Waals surface area contributed by atoms with Gasteiger partial charge in [-0.2, -0.15) is 0 Å². The minimum atomic E-state index is -1.14. The van der Waals surface area contributed by atoms with E-state index in [1.807, 2.05) is 22.6 Å². The molecular weight excluding hydrogens is 525 g/mol. The minimum absolute atomic E-state index is 0.0342. The molecule has 2 aromatic rings. The van der Waals surface area contributed by atoms with Crippen molar-refractivity contribution < 1.29 is 23.5 Å². The second kappa shape index (κ2) is 8.59. The Balaban J connectivity index is 2.28. The zero-order valence-corrected chi connectivity index (χ0v) is 17.6. The number of nitrogens with one attached hydrogen (secondary N) is 2. The molecule has 9 heteroatoms. The van der Waals surface area contributed by atoms with Gasteiger partial charge in [-0.1, -0.05) is 0 Å². The summed E-state index contributed by atoms with van der Waals surface area (Å²) in [4.78, 5) is 17.3. The summed E-state index contributed by atoms with van der Waals surface area (Å²) >= 11 is 4.99. The normalized spacial score (nSPS) is 11.3. The Hall–Kier alpha value is -1.30. The maximum atomic E-state index is 14.1. The molecule has 140 valence electrons. The van der Waals surface area contributed by atoms with E-state index in [-0.39, 0.29) is 28.0 Å². The topological polar surface area (TPSA) is 70.6 Å². The monoisotopic (exact) mass is 540 g/mol. The summed E-state index contributed by atoms with van der Waals surface area (Å²) in [5.74, 6) is -1.83. The quantitative estimate of drug-likeness (QED) is 0.372. The fraction of sp³-hybridized carbons (Fsp3) is 0.235. The number of rotatable bonds is 6. The van der Waals surface area contributed by atoms with Crippen molar-refractivity contribution in [2.75, 3.05) is 11.9 Å². The predicted octanol–water partition coefficient (Wildman–Crippen LogP) is 4.51. The fourth-order valence-corrected chi connectivity index (χ4v) is 2.70. The highest BCUT2D eigenvalue weighted by molar-refractivity contribution is 14.1. The van der Waals surface area contributed by atoms with Gasteiger partial charge in [0.15, 0.2) is 0 Å². The number of hydroxylamine groups is 1. The lowest BCUT2D eigenvalue weighted by atomic mass is 10.1. The number of anilines is 2. The van der Waals surface area contributed by atoms with Crippen molar-refractivity contribution >= 4 is 55.8 Å². The van der Waals surface area contributed by atoms with Crippen LogP contribution < -0.4 is 10.8 Å². The molecule has 0 radical (unpaired) electrons. The summed E-state index contributed by atoms with van der Waals surface area (Å²) in [5.41, 5.74) is 1.23. The lowest BCUT2D eigenvalue weighted by molar-refractivity contribution is -0.0522. The minimum Gasteiger partial charge on any atom is -0.388 e. The fourth-order valence-electron chi connectivity index (χ4n) is 1.91. The standard InChI is InChI=1S/C17H16BrF2IN2O3/c1-17(2,25)8-26-23-16(24)10-6-11(18)12(19)7-15(10)22-14-4-3-9(21)5-13(14)20/h3-7,22,25H,8H2,1-2H3,(H,23,24). The van der Waals surface area contributed by atoms with Crippen LogP contribution in [0.1, 0.15) is 24.2 Å². The van der Waals surface area contributed by atoms with Gasteiger partial charge in [-0.25, -0.2) is 14.3 Å². The molecule has 2 aromatic carbocycles. The van der Waals surface area contributed by atoms with Crippen LogP contribution in [0.25, 0.3) is 0 Å². The molecule has 1 amide bonds. The van der Waals surface area contributed by atoms with Crippen LogP contribution in [0.3, 0.4) is 0 Å². The van der Waals surface area contributed by atoms with Crippen LogP contribution in [0.5, 0.6) is 0 Å². The van der Waals surface area contributed by atoms with Crippen LogP contribution >= 0.6 is 38.5 Å². The molecule has 2 rings (SSSR count). The molecule has 26 heavy (non-hydrogen) atoms. The molecule has 0 spiro atoms. The second-order valence-electron chi connectivity index (χ2n) is 6.09. The zero-order valence-electron chi connectivity index (χ0n) is 13.9. The Morgan fingerprint density at radius 2 is 1.92 bits per heavy atom. The Bertz CT molecular complexity index is 828. The SMILES string of the molecule is CC(C)(O)CONC(=O)c1cc(Br)c(F)cc1Nc1ccc(I)cc1F. The van der Waals surface area contributed by atoms with Gasteiger partial charge in [0.1, 0.15) is 18.2 Å². The van der Waals surface area contributed by atoms with Crippen molar-refractivity contribution in [1.82, 2.24) is 5.48 Å². The number of carbonyl (C=O) groups is 1. The summed E-state index contributed by atoms with van der Waals surface area (Å²) in [5, 5.41) is 12.3. The van der Waals surface area contributed by atoms with Gasteiger partial charge in [0.2, 0.25) is 0 Å². The van der Waals surface area contributed by atoms with Gasteiger partial charge in [0, 0.05) is 3.57 Å². The first kappa shape index (κ1) is 21.0. The molecule has 0 unspecified atom stereocenters.